The van der Waals surface area contributed by atoms with Crippen molar-refractivity contribution in [2.75, 3.05) is 12.4 Å². The SMILES string of the molecule is COc1ccc(C2=NN(C3=NC(=O)C(CC(=O)Nc4ccc(Cl)cc4)S3)C(c3ccccc3)C2)cc1. The lowest BCUT2D eigenvalue weighted by molar-refractivity contribution is -0.121. The van der Waals surface area contributed by atoms with Crippen LogP contribution in [-0.4, -0.2) is 40.1 Å². The Morgan fingerprint density at radius 3 is 2.50 bits per heavy atom. The lowest BCUT2D eigenvalue weighted by atomic mass is 9.98. The van der Waals surface area contributed by atoms with Crippen LogP contribution in [-0.2, 0) is 9.59 Å². The van der Waals surface area contributed by atoms with Crippen LogP contribution < -0.4 is 10.1 Å². The first-order valence-electron chi connectivity index (χ1n) is 11.4. The summed E-state index contributed by atoms with van der Waals surface area (Å²) in [7, 11) is 1.63. The Morgan fingerprint density at radius 1 is 1.08 bits per heavy atom. The summed E-state index contributed by atoms with van der Waals surface area (Å²) in [6.07, 6.45) is 0.670. The van der Waals surface area contributed by atoms with Crippen LogP contribution in [0.15, 0.2) is 89.0 Å². The van der Waals surface area contributed by atoms with Gasteiger partial charge in [-0.05, 0) is 59.7 Å². The number of methoxy groups -OCH3 is 1. The molecule has 0 fully saturated rings. The normalized spacial score (nSPS) is 19.2. The van der Waals surface area contributed by atoms with E-state index in [9.17, 15) is 9.59 Å². The molecule has 2 unspecified atom stereocenters. The number of amides is 2. The van der Waals surface area contributed by atoms with E-state index in [0.717, 1.165) is 22.6 Å². The van der Waals surface area contributed by atoms with Crippen LogP contribution in [0.25, 0.3) is 0 Å². The zero-order valence-corrected chi connectivity index (χ0v) is 21.0. The average Bonchev–Trinajstić information content (AvgIpc) is 3.50. The van der Waals surface area contributed by atoms with Gasteiger partial charge >= 0.3 is 0 Å². The first-order chi connectivity index (χ1) is 17.5. The number of carbonyl (C=O) groups is 2. The molecule has 0 aliphatic carbocycles. The third-order valence-corrected chi connectivity index (χ3v) is 7.34. The summed E-state index contributed by atoms with van der Waals surface area (Å²) >= 11 is 7.18. The van der Waals surface area contributed by atoms with E-state index in [1.54, 1.807) is 31.4 Å². The van der Waals surface area contributed by atoms with E-state index in [4.69, 9.17) is 21.4 Å². The highest BCUT2D eigenvalue weighted by atomic mass is 35.5. The van der Waals surface area contributed by atoms with E-state index < -0.39 is 5.25 Å². The first kappa shape index (κ1) is 24.1. The van der Waals surface area contributed by atoms with Crippen LogP contribution >= 0.6 is 23.4 Å². The van der Waals surface area contributed by atoms with Crippen LogP contribution in [0.1, 0.15) is 30.0 Å². The topological polar surface area (TPSA) is 83.4 Å². The highest BCUT2D eigenvalue weighted by Gasteiger charge is 2.39. The van der Waals surface area contributed by atoms with Gasteiger partial charge < -0.3 is 10.1 Å². The minimum Gasteiger partial charge on any atom is -0.497 e. The molecule has 3 aromatic carbocycles. The summed E-state index contributed by atoms with van der Waals surface area (Å²) in [6, 6.07) is 24.5. The molecule has 9 heteroatoms. The molecule has 2 aliphatic heterocycles. The molecule has 2 aliphatic rings. The van der Waals surface area contributed by atoms with Crippen molar-refractivity contribution < 1.29 is 14.3 Å². The zero-order chi connectivity index (χ0) is 25.1. The van der Waals surface area contributed by atoms with Crippen molar-refractivity contribution >= 4 is 51.7 Å². The lowest BCUT2D eigenvalue weighted by Gasteiger charge is -2.23. The van der Waals surface area contributed by atoms with Crippen LogP contribution in [0.5, 0.6) is 5.75 Å². The van der Waals surface area contributed by atoms with Gasteiger partial charge in [-0.15, -0.1) is 0 Å². The van der Waals surface area contributed by atoms with Crippen molar-refractivity contribution in [3.8, 4) is 5.75 Å². The Labute approximate surface area is 218 Å². The van der Waals surface area contributed by atoms with Gasteiger partial charge in [0.15, 0.2) is 5.17 Å². The number of hydrazone groups is 1. The number of rotatable bonds is 6. The molecule has 182 valence electrons. The van der Waals surface area contributed by atoms with Gasteiger partial charge in [0.2, 0.25) is 5.91 Å². The largest absolute Gasteiger partial charge is 0.497 e. The fraction of sp³-hybridized carbons (Fsp3) is 0.185. The molecule has 3 aromatic rings. The van der Waals surface area contributed by atoms with Crippen LogP contribution in [0.2, 0.25) is 5.02 Å². The minimum absolute atomic E-state index is 0.0119. The highest BCUT2D eigenvalue weighted by molar-refractivity contribution is 8.15. The Bertz CT molecular complexity index is 1330. The van der Waals surface area contributed by atoms with E-state index in [0.29, 0.717) is 22.3 Å². The fourth-order valence-corrected chi connectivity index (χ4v) is 5.29. The smallest absolute Gasteiger partial charge is 0.262 e. The highest BCUT2D eigenvalue weighted by Crippen LogP contribution is 2.38. The quantitative estimate of drug-likeness (QED) is 0.464. The molecule has 2 heterocycles. The van der Waals surface area contributed by atoms with Gasteiger partial charge in [0.25, 0.3) is 5.91 Å². The predicted octanol–water partition coefficient (Wildman–Crippen LogP) is 5.53. The predicted molar refractivity (Wildman–Crippen MR) is 144 cm³/mol. The first-order valence-corrected chi connectivity index (χ1v) is 12.7. The van der Waals surface area contributed by atoms with Crippen molar-refractivity contribution in [1.29, 1.82) is 0 Å². The molecule has 1 N–H and O–H groups in total. The number of hydrogen-bond acceptors (Lipinski definition) is 6. The molecule has 0 bridgehead atoms. The molecular formula is C27H23ClN4O3S. The molecule has 36 heavy (non-hydrogen) atoms. The van der Waals surface area contributed by atoms with Gasteiger partial charge in [0.1, 0.15) is 11.0 Å². The number of benzene rings is 3. The van der Waals surface area contributed by atoms with Crippen molar-refractivity contribution in [1.82, 2.24) is 5.01 Å². The van der Waals surface area contributed by atoms with Gasteiger partial charge in [-0.3, -0.25) is 9.59 Å². The monoisotopic (exact) mass is 518 g/mol. The summed E-state index contributed by atoms with van der Waals surface area (Å²) in [5.74, 6) is 0.180. The number of halogens is 1. The molecule has 5 rings (SSSR count). The van der Waals surface area contributed by atoms with Gasteiger partial charge in [-0.1, -0.05) is 53.7 Å². The number of thioether (sulfide) groups is 1. The maximum atomic E-state index is 12.7. The average molecular weight is 519 g/mol. The maximum Gasteiger partial charge on any atom is 0.262 e. The lowest BCUT2D eigenvalue weighted by Crippen LogP contribution is -2.25. The van der Waals surface area contributed by atoms with Crippen LogP contribution in [0.3, 0.4) is 0 Å². The standard InChI is InChI=1S/C27H23ClN4O3S/c1-35-21-13-7-17(8-14-21)22-15-23(18-5-3-2-4-6-18)32(31-22)27-30-26(34)24(36-27)16-25(33)29-20-11-9-19(28)10-12-20/h2-14,23-24H,15-16H2,1H3,(H,29,33). The van der Waals surface area contributed by atoms with Gasteiger partial charge in [0.05, 0.1) is 18.9 Å². The Morgan fingerprint density at radius 2 is 1.81 bits per heavy atom. The summed E-state index contributed by atoms with van der Waals surface area (Å²) in [5.41, 5.74) is 3.57. The van der Waals surface area contributed by atoms with E-state index in [2.05, 4.69) is 10.3 Å². The number of hydrogen-bond donors (Lipinski definition) is 1. The molecular weight excluding hydrogens is 496 g/mol. The van der Waals surface area contributed by atoms with E-state index in [1.165, 1.54) is 11.8 Å². The Kier molecular flexibility index (Phi) is 7.06. The molecule has 0 spiro atoms. The molecule has 0 radical (unpaired) electrons. The van der Waals surface area contributed by atoms with E-state index >= 15 is 0 Å². The van der Waals surface area contributed by atoms with Crippen molar-refractivity contribution in [2.24, 2.45) is 10.1 Å². The second-order valence-corrected chi connectivity index (χ2v) is 9.95. The second-order valence-electron chi connectivity index (χ2n) is 8.35. The zero-order valence-electron chi connectivity index (χ0n) is 19.4. The Hall–Kier alpha value is -3.62. The summed E-state index contributed by atoms with van der Waals surface area (Å²) in [4.78, 5) is 29.6. The van der Waals surface area contributed by atoms with Crippen LogP contribution in [0.4, 0.5) is 5.69 Å². The second kappa shape index (κ2) is 10.6. The molecule has 0 aromatic heterocycles. The molecule has 2 amide bonds. The number of nitrogens with zero attached hydrogens (tertiary/aromatic N) is 3. The van der Waals surface area contributed by atoms with Crippen LogP contribution in [0, 0.1) is 0 Å². The molecule has 0 saturated carbocycles. The summed E-state index contributed by atoms with van der Waals surface area (Å²) < 4.78 is 5.27. The number of amidine groups is 1. The number of anilines is 1. The van der Waals surface area contributed by atoms with Gasteiger partial charge in [-0.25, -0.2) is 5.01 Å². The summed E-state index contributed by atoms with van der Waals surface area (Å²) in [5, 5.41) is 9.97. The molecule has 7 nitrogen and oxygen atoms in total. The fourth-order valence-electron chi connectivity index (χ4n) is 4.10. The number of aliphatic imine (C=N–C) groups is 1. The van der Waals surface area contributed by atoms with E-state index in [-0.39, 0.29) is 24.3 Å². The number of ether oxygens (including phenoxy) is 1. The number of nitrogens with one attached hydrogen (secondary N) is 1. The third-order valence-electron chi connectivity index (χ3n) is 5.94. The number of carbonyl (C=O) groups excluding carboxylic acids is 2. The maximum absolute atomic E-state index is 12.7. The van der Waals surface area contributed by atoms with Gasteiger partial charge in [-0.2, -0.15) is 10.1 Å². The summed E-state index contributed by atoms with van der Waals surface area (Å²) in [6.45, 7) is 0. The minimum atomic E-state index is -0.607. The molecule has 2 atom stereocenters. The van der Waals surface area contributed by atoms with Crippen molar-refractivity contribution in [3.05, 3.63) is 95.0 Å². The van der Waals surface area contributed by atoms with Gasteiger partial charge in [0, 0.05) is 23.6 Å². The third kappa shape index (κ3) is 5.29. The van der Waals surface area contributed by atoms with Crippen molar-refractivity contribution in [2.45, 2.75) is 24.1 Å². The van der Waals surface area contributed by atoms with E-state index in [1.807, 2.05) is 59.6 Å². The van der Waals surface area contributed by atoms with Crippen molar-refractivity contribution in [3.63, 3.8) is 0 Å². The molecule has 0 saturated heterocycles. The Balaban J connectivity index is 1.33.